The fraction of sp³-hybridized carbons (Fsp3) is 0.308. The molecule has 5 rings (SSSR count). The molecule has 0 atom stereocenters. The molecule has 2 fully saturated rings. The van der Waals surface area contributed by atoms with E-state index < -0.39 is 0 Å². The molecule has 0 saturated carbocycles. The van der Waals surface area contributed by atoms with Gasteiger partial charge in [-0.05, 0) is 67.7 Å². The monoisotopic (exact) mass is 504 g/mol. The van der Waals surface area contributed by atoms with Crippen molar-refractivity contribution in [3.8, 4) is 11.4 Å². The summed E-state index contributed by atoms with van der Waals surface area (Å²) in [6.45, 7) is 6.35. The highest BCUT2D eigenvalue weighted by molar-refractivity contribution is 7.80. The molecule has 10 heteroatoms. The second-order valence-electron chi connectivity index (χ2n) is 8.60. The van der Waals surface area contributed by atoms with Crippen LogP contribution in [0, 0.1) is 6.92 Å². The van der Waals surface area contributed by atoms with Gasteiger partial charge in [0.05, 0.1) is 19.8 Å². The van der Waals surface area contributed by atoms with Crippen LogP contribution in [0.3, 0.4) is 0 Å². The zero-order valence-electron chi connectivity index (χ0n) is 20.1. The van der Waals surface area contributed by atoms with Crippen molar-refractivity contribution in [2.75, 3.05) is 66.5 Å². The van der Waals surface area contributed by atoms with Crippen LogP contribution in [0.1, 0.15) is 5.56 Å². The number of morpholine rings is 2. The van der Waals surface area contributed by atoms with Gasteiger partial charge >= 0.3 is 0 Å². The number of rotatable bonds is 5. The van der Waals surface area contributed by atoms with Crippen molar-refractivity contribution in [2.45, 2.75) is 6.92 Å². The molecular weight excluding hydrogens is 476 g/mol. The number of aromatic nitrogens is 2. The van der Waals surface area contributed by atoms with Crippen molar-refractivity contribution in [1.82, 2.24) is 9.97 Å². The summed E-state index contributed by atoms with van der Waals surface area (Å²) in [5.74, 6) is 1.61. The number of carbonyl (C=O) groups excluding carboxylic acids is 1. The van der Waals surface area contributed by atoms with E-state index in [1.165, 1.54) is 0 Å². The molecule has 2 aliphatic rings. The summed E-state index contributed by atoms with van der Waals surface area (Å²) in [7, 11) is 0. The fourth-order valence-electron chi connectivity index (χ4n) is 4.18. The van der Waals surface area contributed by atoms with Gasteiger partial charge < -0.3 is 29.9 Å². The molecule has 2 aromatic carbocycles. The van der Waals surface area contributed by atoms with Crippen LogP contribution < -0.4 is 20.4 Å². The Morgan fingerprint density at radius 2 is 1.56 bits per heavy atom. The van der Waals surface area contributed by atoms with Crippen LogP contribution in [0.15, 0.2) is 54.7 Å². The van der Waals surface area contributed by atoms with E-state index in [-0.39, 0.29) is 12.5 Å². The van der Waals surface area contributed by atoms with Gasteiger partial charge in [0.25, 0.3) is 5.91 Å². The summed E-state index contributed by atoms with van der Waals surface area (Å²) >= 11 is 5.48. The highest BCUT2D eigenvalue weighted by Gasteiger charge is 2.20. The number of benzene rings is 2. The van der Waals surface area contributed by atoms with Crippen LogP contribution in [-0.2, 0) is 14.3 Å². The van der Waals surface area contributed by atoms with Crippen LogP contribution >= 0.6 is 12.2 Å². The first kappa shape index (κ1) is 24.1. The smallest absolute Gasteiger partial charge is 0.253 e. The van der Waals surface area contributed by atoms with Gasteiger partial charge in [-0.2, -0.15) is 0 Å². The van der Waals surface area contributed by atoms with Gasteiger partial charge in [-0.25, -0.2) is 9.97 Å². The van der Waals surface area contributed by atoms with Crippen molar-refractivity contribution < 1.29 is 14.3 Å². The quantitative estimate of drug-likeness (QED) is 0.507. The molecule has 2 N–H and O–H groups in total. The summed E-state index contributed by atoms with van der Waals surface area (Å²) in [5.41, 5.74) is 4.52. The van der Waals surface area contributed by atoms with E-state index in [4.69, 9.17) is 26.7 Å². The van der Waals surface area contributed by atoms with Crippen molar-refractivity contribution in [2.24, 2.45) is 0 Å². The maximum atomic E-state index is 12.0. The number of hydrogen-bond acceptors (Lipinski definition) is 7. The molecule has 0 radical (unpaired) electrons. The molecule has 1 aromatic heterocycles. The third kappa shape index (κ3) is 5.62. The van der Waals surface area contributed by atoms with Crippen LogP contribution in [0.5, 0.6) is 0 Å². The number of thiocarbonyl (C=S) groups is 1. The SMILES string of the molecule is Cc1cnc(-c2ccc(NC(=S)Nc3ccc(N4CCOCC4=O)cc3)cc2)nc1N1CCOCC1. The predicted octanol–water partition coefficient (Wildman–Crippen LogP) is 3.46. The van der Waals surface area contributed by atoms with Crippen molar-refractivity contribution in [3.05, 3.63) is 60.3 Å². The third-order valence-corrected chi connectivity index (χ3v) is 6.28. The molecule has 3 heterocycles. The molecule has 186 valence electrons. The van der Waals surface area contributed by atoms with E-state index in [2.05, 4.69) is 20.5 Å². The Kier molecular flexibility index (Phi) is 7.36. The highest BCUT2D eigenvalue weighted by atomic mass is 32.1. The van der Waals surface area contributed by atoms with Gasteiger partial charge in [0.2, 0.25) is 0 Å². The number of nitrogens with zero attached hydrogens (tertiary/aromatic N) is 4. The Morgan fingerprint density at radius 3 is 2.22 bits per heavy atom. The molecule has 9 nitrogen and oxygen atoms in total. The van der Waals surface area contributed by atoms with Crippen molar-refractivity contribution >= 4 is 46.1 Å². The lowest BCUT2D eigenvalue weighted by Gasteiger charge is -2.29. The van der Waals surface area contributed by atoms with Crippen molar-refractivity contribution in [1.29, 1.82) is 0 Å². The Labute approximate surface area is 215 Å². The van der Waals surface area contributed by atoms with Gasteiger partial charge in [-0.1, -0.05) is 0 Å². The largest absolute Gasteiger partial charge is 0.378 e. The van der Waals surface area contributed by atoms with Crippen molar-refractivity contribution in [3.63, 3.8) is 0 Å². The Morgan fingerprint density at radius 1 is 0.917 bits per heavy atom. The molecule has 2 saturated heterocycles. The second-order valence-corrected chi connectivity index (χ2v) is 9.01. The average molecular weight is 505 g/mol. The van der Waals surface area contributed by atoms with E-state index >= 15 is 0 Å². The number of nitrogens with one attached hydrogen (secondary N) is 2. The minimum atomic E-state index is -0.0315. The maximum absolute atomic E-state index is 12.0. The van der Waals surface area contributed by atoms with Gasteiger partial charge in [-0.3, -0.25) is 4.79 Å². The average Bonchev–Trinajstić information content (AvgIpc) is 2.91. The topological polar surface area (TPSA) is 91.9 Å². The molecule has 0 aliphatic carbocycles. The van der Waals surface area contributed by atoms with Crippen LogP contribution in [0.2, 0.25) is 0 Å². The van der Waals surface area contributed by atoms with Gasteiger partial charge in [-0.15, -0.1) is 0 Å². The summed E-state index contributed by atoms with van der Waals surface area (Å²) in [6, 6.07) is 15.5. The number of ether oxygens (including phenoxy) is 2. The number of aryl methyl sites for hydroxylation is 1. The van der Waals surface area contributed by atoms with Crippen LogP contribution in [0.4, 0.5) is 22.9 Å². The van der Waals surface area contributed by atoms with E-state index in [1.54, 1.807) is 4.90 Å². The Balaban J connectivity index is 1.20. The van der Waals surface area contributed by atoms with Gasteiger partial charge in [0.1, 0.15) is 12.4 Å². The summed E-state index contributed by atoms with van der Waals surface area (Å²) < 4.78 is 10.7. The third-order valence-electron chi connectivity index (χ3n) is 6.08. The first-order valence-electron chi connectivity index (χ1n) is 11.9. The Bertz CT molecular complexity index is 1230. The second kappa shape index (κ2) is 11.0. The molecule has 3 aromatic rings. The summed E-state index contributed by atoms with van der Waals surface area (Å²) in [6.07, 6.45) is 1.87. The molecule has 0 bridgehead atoms. The lowest BCUT2D eigenvalue weighted by molar-refractivity contribution is -0.125. The van der Waals surface area contributed by atoms with Gasteiger partial charge in [0, 0.05) is 54.0 Å². The lowest BCUT2D eigenvalue weighted by atomic mass is 10.2. The minimum Gasteiger partial charge on any atom is -0.378 e. The van der Waals surface area contributed by atoms with Gasteiger partial charge in [0.15, 0.2) is 10.9 Å². The maximum Gasteiger partial charge on any atom is 0.253 e. The van der Waals surface area contributed by atoms with E-state index in [1.807, 2.05) is 61.7 Å². The zero-order chi connectivity index (χ0) is 24.9. The zero-order valence-corrected chi connectivity index (χ0v) is 20.9. The number of anilines is 4. The number of amides is 1. The Hall–Kier alpha value is -3.60. The lowest BCUT2D eigenvalue weighted by Crippen LogP contribution is -2.41. The van der Waals surface area contributed by atoms with E-state index in [9.17, 15) is 4.79 Å². The van der Waals surface area contributed by atoms with E-state index in [0.717, 1.165) is 47.1 Å². The number of carbonyl (C=O) groups is 1. The molecular formula is C26H28N6O3S. The predicted molar refractivity (Wildman–Crippen MR) is 145 cm³/mol. The van der Waals surface area contributed by atoms with Crippen LogP contribution in [-0.4, -0.2) is 67.0 Å². The summed E-state index contributed by atoms with van der Waals surface area (Å²) in [5, 5.41) is 6.85. The molecule has 1 amide bonds. The highest BCUT2D eigenvalue weighted by Crippen LogP contribution is 2.24. The molecule has 36 heavy (non-hydrogen) atoms. The normalized spacial score (nSPS) is 16.1. The minimum absolute atomic E-state index is 0.0315. The molecule has 0 spiro atoms. The molecule has 2 aliphatic heterocycles. The van der Waals surface area contributed by atoms with Crippen LogP contribution in [0.25, 0.3) is 11.4 Å². The first-order valence-corrected chi connectivity index (χ1v) is 12.3. The molecule has 0 unspecified atom stereocenters. The summed E-state index contributed by atoms with van der Waals surface area (Å²) in [4.78, 5) is 25.4. The number of hydrogen-bond donors (Lipinski definition) is 2. The first-order chi connectivity index (χ1) is 17.6. The fourth-order valence-corrected chi connectivity index (χ4v) is 4.41. The van der Waals surface area contributed by atoms with E-state index in [0.29, 0.717) is 37.3 Å². The standard InChI is InChI=1S/C26H28N6O3S/c1-18-16-27-24(30-25(18)31-10-13-34-14-11-31)19-2-4-20(5-3-19)28-26(36)29-21-6-8-22(9-7-21)32-12-15-35-17-23(32)33/h2-9,16H,10-15,17H2,1H3,(H2,28,29,36).